The number of primary amides is 1. The number of anilines is 1. The van der Waals surface area contributed by atoms with Gasteiger partial charge in [0.15, 0.2) is 6.10 Å². The number of piperidine rings is 1. The number of nitrogens with zero attached hydrogens (tertiary/aromatic N) is 6. The van der Waals surface area contributed by atoms with E-state index in [2.05, 4.69) is 41.4 Å². The van der Waals surface area contributed by atoms with Crippen LogP contribution < -0.4 is 42.0 Å². The van der Waals surface area contributed by atoms with Crippen molar-refractivity contribution >= 4 is 87.7 Å². The number of esters is 3. The molecule has 11 rings (SSSR count). The quantitative estimate of drug-likeness (QED) is 0.0198. The summed E-state index contributed by atoms with van der Waals surface area (Å²) in [5.41, 5.74) is 1.33. The van der Waals surface area contributed by atoms with Crippen molar-refractivity contribution in [2.45, 2.75) is 226 Å². The lowest BCUT2D eigenvalue weighted by molar-refractivity contribution is -0.231. The van der Waals surface area contributed by atoms with E-state index in [1.165, 1.54) is 26.2 Å². The van der Waals surface area contributed by atoms with E-state index in [1.54, 1.807) is 7.05 Å². The van der Waals surface area contributed by atoms with E-state index in [9.17, 15) is 73.8 Å². The number of hydrogen-bond donors (Lipinski definition) is 13. The smallest absolute Gasteiger partial charge is 0.344 e. The third-order valence-corrected chi connectivity index (χ3v) is 26.5. The normalized spacial score (nSPS) is 28.0. The SMILES string of the molecule is CCN1CC(C[C@](C(=O)OC)(c2cc3c(cc2OC)N(C)C2C34CCN3CC=C[C@@](CC)(C34)[C@H](OC(=O)C3CCCN3C(=O)CN(C)C(=O)[C@H](CO)NC(=O)[C@H](CCC(N)=O)NC(=O)C(NC(=O)[C@H](CO)NC(=O)[C@H](CO)NC(=O)C3CC[C@H](O)N3C(C)=O)C3CCCCC3)[C@@]2(O)C(=O)OC)c2[nH]c3ccccc3c2C)C[C@@](O)(CC)C1. The predicted octanol–water partition coefficient (Wildman–Crippen LogP) is -1.23. The fourth-order valence-corrected chi connectivity index (χ4v) is 21.0. The number of carbonyl (C=O) groups is 12. The van der Waals surface area contributed by atoms with Crippen molar-refractivity contribution in [3.05, 3.63) is 70.9 Å². The molecule has 35 nitrogen and oxygen atoms in total. The molecule has 3 aromatic rings. The van der Waals surface area contributed by atoms with Gasteiger partial charge in [-0.15, -0.1) is 0 Å². The number of aryl methyl sites for hydroxylation is 1. The Bertz CT molecular complexity index is 4310. The highest BCUT2D eigenvalue weighted by atomic mass is 16.6. The van der Waals surface area contributed by atoms with Crippen LogP contribution in [0.15, 0.2) is 48.6 Å². The summed E-state index contributed by atoms with van der Waals surface area (Å²) in [4.78, 5) is 183. The number of β-amino-alcohol motifs (C(OH)–C–C–N with tert-alkyl or cyclic N) is 1. The van der Waals surface area contributed by atoms with Crippen molar-refractivity contribution in [3.8, 4) is 5.75 Å². The Kier molecular flexibility index (Phi) is 27.3. The van der Waals surface area contributed by atoms with Crippen molar-refractivity contribution in [1.82, 2.24) is 56.1 Å². The number of hydrogen-bond acceptors (Lipinski definition) is 25. The molecule has 1 aromatic heterocycles. The van der Waals surface area contributed by atoms with E-state index in [0.29, 0.717) is 106 Å². The van der Waals surface area contributed by atoms with Gasteiger partial charge in [0.2, 0.25) is 58.8 Å². The number of nitrogens with one attached hydrogen (secondary N) is 6. The maximum absolute atomic E-state index is 15.8. The molecular formula is C82H117N13O22. The standard InChI is InChI=1S/C82H117N13O22/c1-11-78(112)37-47(39-92(13-3)44-78)38-81(76(110)115-9,65-45(4)49-23-17-18-24-52(49)84-65)51-35-50-59(36-60(51)114-8)91(7)74-80(50)31-34-93-32-20-30-79(12-2,73(80)93)75(82(74,113)77(111)116-10)117-72(109)58-25-19-33-94(58)63(102)40-90(6)71(108)56(43-98)88-66(103)53(26-28-61(83)100)85-70(107)64(48-21-15-14-16-22-48)89-68(105)55(42-97)86-67(104)54(41-96)87-69(106)57-27-29-62(101)95(57)46(5)99/h17-18,20,23-24,30,35-36,47-48,53-58,62,64,73-75,84,96-98,101,112-113H,11-16,19,21-22,25-29,31-34,37-44H2,1-10H3,(H2,83,100)(H,85,107)(H,86,104)(H,87,106)(H,88,103)(H,89,105)/t47?,53-,54-,55-,56-,57?,58?,62-,64?,73?,74?,75-,78-,79-,80?,81-,82+/m0/s1. The highest BCUT2D eigenvalue weighted by molar-refractivity contribution is 5.99. The van der Waals surface area contributed by atoms with Crippen molar-refractivity contribution in [3.63, 3.8) is 0 Å². The number of ether oxygens (including phenoxy) is 4. The number of amides is 9. The molecule has 4 saturated heterocycles. The van der Waals surface area contributed by atoms with Crippen LogP contribution in [0.4, 0.5) is 5.69 Å². The number of aromatic nitrogens is 1. The second kappa shape index (κ2) is 36.1. The Morgan fingerprint density at radius 2 is 1.44 bits per heavy atom. The summed E-state index contributed by atoms with van der Waals surface area (Å²) < 4.78 is 25.0. The molecule has 8 aliphatic rings. The zero-order chi connectivity index (χ0) is 85.1. The summed E-state index contributed by atoms with van der Waals surface area (Å²) in [5.74, 6) is -11.7. The third kappa shape index (κ3) is 16.3. The lowest BCUT2D eigenvalue weighted by Crippen LogP contribution is -2.81. The molecule has 9 amide bonds. The van der Waals surface area contributed by atoms with Crippen LogP contribution in [0.2, 0.25) is 0 Å². The number of fused-ring (bicyclic) bond motifs is 2. The molecule has 2 saturated carbocycles. The number of para-hydroxylation sites is 1. The molecule has 117 heavy (non-hydrogen) atoms. The fraction of sp³-hybridized carbons (Fsp3) is 0.659. The van der Waals surface area contributed by atoms with Gasteiger partial charge in [0.25, 0.3) is 0 Å². The number of carbonyl (C=O) groups excluding carboxylic acids is 12. The number of methoxy groups -OCH3 is 3. The molecule has 35 heteroatoms. The first kappa shape index (κ1) is 88.5. The molecule has 1 spiro atoms. The van der Waals surface area contributed by atoms with Gasteiger partial charge in [0, 0.05) is 104 Å². The van der Waals surface area contributed by atoms with E-state index in [-0.39, 0.29) is 51.0 Å². The van der Waals surface area contributed by atoms with Crippen LogP contribution in [0.3, 0.4) is 0 Å². The minimum Gasteiger partial charge on any atom is -0.496 e. The zero-order valence-corrected chi connectivity index (χ0v) is 68.5. The Labute approximate surface area is 679 Å². The molecule has 642 valence electrons. The van der Waals surface area contributed by atoms with Crippen molar-refractivity contribution in [2.24, 2.45) is 23.0 Å². The van der Waals surface area contributed by atoms with E-state index in [1.807, 2.05) is 81.1 Å². The van der Waals surface area contributed by atoms with Gasteiger partial charge in [-0.1, -0.05) is 70.4 Å². The minimum atomic E-state index is -2.70. The topological polar surface area (TPSA) is 485 Å². The third-order valence-electron chi connectivity index (χ3n) is 26.5. The van der Waals surface area contributed by atoms with Gasteiger partial charge >= 0.3 is 17.9 Å². The van der Waals surface area contributed by atoms with Crippen LogP contribution in [0.5, 0.6) is 5.75 Å². The number of likely N-dealkylation sites (tertiary alicyclic amines) is 3. The highest BCUT2D eigenvalue weighted by Crippen LogP contribution is 2.68. The predicted molar refractivity (Wildman–Crippen MR) is 421 cm³/mol. The Morgan fingerprint density at radius 1 is 0.769 bits per heavy atom. The number of aliphatic hydroxyl groups is 6. The van der Waals surface area contributed by atoms with Crippen LogP contribution in [0.25, 0.3) is 10.9 Å². The Hall–Kier alpha value is -9.36. The van der Waals surface area contributed by atoms with Gasteiger partial charge < -0.3 is 111 Å². The monoisotopic (exact) mass is 1640 g/mol. The molecule has 0 bridgehead atoms. The molecule has 17 atom stereocenters. The van der Waals surface area contributed by atoms with E-state index in [0.717, 1.165) is 46.7 Å². The number of benzene rings is 2. The lowest BCUT2D eigenvalue weighted by Gasteiger charge is -2.63. The summed E-state index contributed by atoms with van der Waals surface area (Å²) in [6.07, 6.45) is 4.64. The van der Waals surface area contributed by atoms with E-state index >= 15 is 14.4 Å². The van der Waals surface area contributed by atoms with Gasteiger partial charge in [-0.05, 0) is 132 Å². The summed E-state index contributed by atoms with van der Waals surface area (Å²) in [6, 6.07) is -1.28. The number of aliphatic hydroxyl groups excluding tert-OH is 4. The van der Waals surface area contributed by atoms with Crippen LogP contribution in [0.1, 0.15) is 153 Å². The summed E-state index contributed by atoms with van der Waals surface area (Å²) in [6.45, 7) is 7.66. The van der Waals surface area contributed by atoms with Gasteiger partial charge in [0.1, 0.15) is 59.7 Å². The first-order valence-electron chi connectivity index (χ1n) is 40.9. The molecule has 14 N–H and O–H groups in total. The molecule has 6 fully saturated rings. The van der Waals surface area contributed by atoms with Crippen LogP contribution in [-0.2, 0) is 82.6 Å². The summed E-state index contributed by atoms with van der Waals surface area (Å²) in [7, 11) is 6.97. The Morgan fingerprint density at radius 3 is 2.07 bits per heavy atom. The lowest BCUT2D eigenvalue weighted by atomic mass is 9.47. The first-order chi connectivity index (χ1) is 55.7. The van der Waals surface area contributed by atoms with Crippen molar-refractivity contribution < 1.29 is 107 Å². The van der Waals surface area contributed by atoms with Crippen LogP contribution in [0, 0.1) is 24.2 Å². The summed E-state index contributed by atoms with van der Waals surface area (Å²) in [5, 5.41) is 81.1. The van der Waals surface area contributed by atoms with Crippen LogP contribution in [-0.4, -0.2) is 310 Å². The molecule has 6 aliphatic heterocycles. The number of nitrogens with two attached hydrogens (primary N) is 1. The second-order valence-electron chi connectivity index (χ2n) is 33.1. The maximum Gasteiger partial charge on any atom is 0.344 e. The molecule has 7 unspecified atom stereocenters. The van der Waals surface area contributed by atoms with Gasteiger partial charge in [-0.3, -0.25) is 52.8 Å². The number of aromatic amines is 1. The minimum absolute atomic E-state index is 0.0167. The van der Waals surface area contributed by atoms with E-state index in [4.69, 9.17) is 24.7 Å². The Balaban J connectivity index is 0.830. The van der Waals surface area contributed by atoms with Gasteiger partial charge in [0.05, 0.1) is 59.3 Å². The van der Waals surface area contributed by atoms with E-state index < -0.39 is 210 Å². The number of likely N-dealkylation sites (N-methyl/N-ethyl adjacent to an activating group) is 3. The second-order valence-corrected chi connectivity index (χ2v) is 33.1. The largest absolute Gasteiger partial charge is 0.496 e. The first-order valence-corrected chi connectivity index (χ1v) is 40.9. The molecule has 7 heterocycles. The van der Waals surface area contributed by atoms with Gasteiger partial charge in [-0.25, -0.2) is 9.59 Å². The zero-order valence-electron chi connectivity index (χ0n) is 68.5. The average Bonchev–Trinajstić information content (AvgIpc) is 1.49. The highest BCUT2D eigenvalue weighted by Gasteiger charge is 2.81. The van der Waals surface area contributed by atoms with Crippen molar-refractivity contribution in [2.75, 3.05) is 106 Å². The molecule has 2 aliphatic carbocycles. The fourth-order valence-electron chi connectivity index (χ4n) is 21.0. The summed E-state index contributed by atoms with van der Waals surface area (Å²) >= 11 is 0. The average molecular weight is 1640 g/mol. The number of rotatable bonds is 32. The number of H-pyrrole nitrogens is 1. The van der Waals surface area contributed by atoms with Gasteiger partial charge in [-0.2, -0.15) is 0 Å². The van der Waals surface area contributed by atoms with Crippen molar-refractivity contribution in [1.29, 1.82) is 0 Å². The van der Waals surface area contributed by atoms with Crippen LogP contribution >= 0.6 is 0 Å². The molecule has 0 radical (unpaired) electrons. The maximum atomic E-state index is 15.8. The molecule has 2 aromatic carbocycles. The molecular weight excluding hydrogens is 1520 g/mol.